The number of hydrogen-bond acceptors (Lipinski definition) is 4. The molecule has 0 aromatic heterocycles. The van der Waals surface area contributed by atoms with Crippen LogP contribution in [-0.4, -0.2) is 54.1 Å². The fourth-order valence-electron chi connectivity index (χ4n) is 4.66. The van der Waals surface area contributed by atoms with E-state index in [1.54, 1.807) is 4.90 Å². The molecule has 200 valence electrons. The average Bonchev–Trinajstić information content (AvgIpc) is 2.91. The summed E-state index contributed by atoms with van der Waals surface area (Å²) in [5.74, 6) is 0.365. The molecule has 0 saturated carbocycles. The standard InChI is InChI=1S/C32H38ClN3O2/c1-24-10-14-26(15-11-24)7-5-6-18-34-28-8-3-4-9-29(28)35-30(19-27-16-12-25(2)13-17-27)31(38)36-21-32(20-33,22-36)23-37/h3-5,7-17,30,34-35,37H,6,18-23H2,1-2H3/b7-5+. The molecule has 4 rings (SSSR count). The van der Waals surface area contributed by atoms with Crippen LogP contribution < -0.4 is 10.6 Å². The van der Waals surface area contributed by atoms with Crippen LogP contribution in [0.25, 0.3) is 6.08 Å². The molecule has 1 amide bonds. The molecule has 3 aromatic rings. The number of nitrogens with zero attached hydrogens (tertiary/aromatic N) is 1. The van der Waals surface area contributed by atoms with E-state index in [0.29, 0.717) is 25.4 Å². The highest BCUT2D eigenvalue weighted by molar-refractivity contribution is 6.18. The zero-order chi connectivity index (χ0) is 27.0. The third-order valence-electron chi connectivity index (χ3n) is 7.11. The van der Waals surface area contributed by atoms with Crippen molar-refractivity contribution < 1.29 is 9.90 Å². The van der Waals surface area contributed by atoms with E-state index in [2.05, 4.69) is 85.2 Å². The molecule has 1 saturated heterocycles. The number of aliphatic hydroxyl groups is 1. The zero-order valence-corrected chi connectivity index (χ0v) is 23.0. The first kappa shape index (κ1) is 27.7. The Morgan fingerprint density at radius 1 is 1.00 bits per heavy atom. The van der Waals surface area contributed by atoms with Gasteiger partial charge in [-0.2, -0.15) is 0 Å². The summed E-state index contributed by atoms with van der Waals surface area (Å²) in [6.07, 6.45) is 5.76. The maximum Gasteiger partial charge on any atom is 0.245 e. The molecule has 1 unspecified atom stereocenters. The Balaban J connectivity index is 1.42. The quantitative estimate of drug-likeness (QED) is 0.201. The Hall–Kier alpha value is -3.28. The summed E-state index contributed by atoms with van der Waals surface area (Å²) in [4.78, 5) is 15.4. The highest BCUT2D eigenvalue weighted by atomic mass is 35.5. The van der Waals surface area contributed by atoms with E-state index >= 15 is 0 Å². The van der Waals surface area contributed by atoms with Crippen molar-refractivity contribution in [2.75, 3.05) is 42.8 Å². The third-order valence-corrected chi connectivity index (χ3v) is 7.68. The number of carbonyl (C=O) groups is 1. The molecular weight excluding hydrogens is 494 g/mol. The summed E-state index contributed by atoms with van der Waals surface area (Å²) in [6, 6.07) is 24.4. The van der Waals surface area contributed by atoms with Gasteiger partial charge in [-0.25, -0.2) is 0 Å². The molecule has 3 N–H and O–H groups in total. The highest BCUT2D eigenvalue weighted by Gasteiger charge is 2.45. The van der Waals surface area contributed by atoms with Crippen LogP contribution >= 0.6 is 11.6 Å². The molecule has 1 heterocycles. The maximum atomic E-state index is 13.6. The van der Waals surface area contributed by atoms with Crippen LogP contribution in [0, 0.1) is 19.3 Å². The fourth-order valence-corrected chi connectivity index (χ4v) is 4.92. The van der Waals surface area contributed by atoms with Gasteiger partial charge in [-0.15, -0.1) is 11.6 Å². The average molecular weight is 532 g/mol. The van der Waals surface area contributed by atoms with Crippen molar-refractivity contribution in [2.45, 2.75) is 32.7 Å². The summed E-state index contributed by atoms with van der Waals surface area (Å²) in [7, 11) is 0. The minimum Gasteiger partial charge on any atom is -0.396 e. The Labute approximate surface area is 231 Å². The van der Waals surface area contributed by atoms with Crippen molar-refractivity contribution in [3.8, 4) is 0 Å². The molecule has 3 aromatic carbocycles. The summed E-state index contributed by atoms with van der Waals surface area (Å²) < 4.78 is 0. The predicted molar refractivity (Wildman–Crippen MR) is 159 cm³/mol. The Kier molecular flexibility index (Phi) is 9.48. The maximum absolute atomic E-state index is 13.6. The van der Waals surface area contributed by atoms with E-state index in [0.717, 1.165) is 29.9 Å². The second-order valence-corrected chi connectivity index (χ2v) is 10.7. The monoisotopic (exact) mass is 531 g/mol. The van der Waals surface area contributed by atoms with E-state index in [1.165, 1.54) is 16.7 Å². The van der Waals surface area contributed by atoms with E-state index in [9.17, 15) is 9.90 Å². The van der Waals surface area contributed by atoms with Gasteiger partial charge in [-0.05, 0) is 43.5 Å². The predicted octanol–water partition coefficient (Wildman–Crippen LogP) is 5.90. The number of hydrogen-bond donors (Lipinski definition) is 3. The molecule has 0 aliphatic carbocycles. The molecule has 1 atom stereocenters. The number of para-hydroxylation sites is 2. The number of nitrogens with one attached hydrogen (secondary N) is 2. The fraction of sp³-hybridized carbons (Fsp3) is 0.344. The second kappa shape index (κ2) is 13.0. The first-order valence-corrected chi connectivity index (χ1v) is 13.8. The lowest BCUT2D eigenvalue weighted by atomic mass is 9.82. The van der Waals surface area contributed by atoms with Crippen LogP contribution in [0.5, 0.6) is 0 Å². The van der Waals surface area contributed by atoms with Crippen molar-refractivity contribution in [2.24, 2.45) is 5.41 Å². The molecule has 0 bridgehead atoms. The van der Waals surface area contributed by atoms with Crippen LogP contribution in [0.2, 0.25) is 0 Å². The number of amides is 1. The lowest BCUT2D eigenvalue weighted by molar-refractivity contribution is -0.145. The molecule has 1 aliphatic rings. The van der Waals surface area contributed by atoms with Crippen LogP contribution in [0.1, 0.15) is 28.7 Å². The molecule has 38 heavy (non-hydrogen) atoms. The molecule has 5 nitrogen and oxygen atoms in total. The second-order valence-electron chi connectivity index (χ2n) is 10.4. The Morgan fingerprint density at radius 3 is 2.26 bits per heavy atom. The number of aryl methyl sites for hydroxylation is 2. The SMILES string of the molecule is Cc1ccc(/C=C/CCNc2ccccc2NC(Cc2ccc(C)cc2)C(=O)N2CC(CO)(CCl)C2)cc1. The molecule has 1 fully saturated rings. The van der Waals surface area contributed by atoms with Crippen LogP contribution in [-0.2, 0) is 11.2 Å². The molecule has 6 heteroatoms. The first-order valence-electron chi connectivity index (χ1n) is 13.3. The molecule has 1 aliphatic heterocycles. The molecule has 0 radical (unpaired) electrons. The number of carbonyl (C=O) groups excluding carboxylic acids is 1. The Morgan fingerprint density at radius 2 is 1.63 bits per heavy atom. The van der Waals surface area contributed by atoms with Gasteiger partial charge in [0.2, 0.25) is 5.91 Å². The van der Waals surface area contributed by atoms with Gasteiger partial charge in [-0.1, -0.05) is 83.9 Å². The topological polar surface area (TPSA) is 64.6 Å². The molecular formula is C32H38ClN3O2. The van der Waals surface area contributed by atoms with Crippen LogP contribution in [0.4, 0.5) is 11.4 Å². The molecule has 0 spiro atoms. The van der Waals surface area contributed by atoms with Gasteiger partial charge >= 0.3 is 0 Å². The van der Waals surface area contributed by atoms with Gasteiger partial charge in [0.05, 0.1) is 18.0 Å². The van der Waals surface area contributed by atoms with E-state index in [4.69, 9.17) is 11.6 Å². The number of halogens is 1. The van der Waals surface area contributed by atoms with Crippen molar-refractivity contribution in [3.63, 3.8) is 0 Å². The smallest absolute Gasteiger partial charge is 0.245 e. The number of anilines is 2. The summed E-state index contributed by atoms with van der Waals surface area (Å²) in [5, 5.41) is 16.8. The summed E-state index contributed by atoms with van der Waals surface area (Å²) in [6.45, 7) is 5.87. The zero-order valence-electron chi connectivity index (χ0n) is 22.3. The highest BCUT2D eigenvalue weighted by Crippen LogP contribution is 2.33. The third kappa shape index (κ3) is 7.18. The number of likely N-dealkylation sites (tertiary alicyclic amines) is 1. The van der Waals surface area contributed by atoms with E-state index < -0.39 is 11.5 Å². The lowest BCUT2D eigenvalue weighted by Gasteiger charge is -2.49. The van der Waals surface area contributed by atoms with Crippen molar-refractivity contribution in [1.29, 1.82) is 0 Å². The van der Waals surface area contributed by atoms with Gasteiger partial charge < -0.3 is 20.6 Å². The van der Waals surface area contributed by atoms with Gasteiger partial charge in [0.15, 0.2) is 0 Å². The number of benzene rings is 3. The first-order chi connectivity index (χ1) is 18.4. The van der Waals surface area contributed by atoms with Crippen molar-refractivity contribution in [3.05, 3.63) is 101 Å². The summed E-state index contributed by atoms with van der Waals surface area (Å²) >= 11 is 6.09. The Bertz CT molecular complexity index is 1210. The van der Waals surface area contributed by atoms with Crippen LogP contribution in [0.15, 0.2) is 78.9 Å². The summed E-state index contributed by atoms with van der Waals surface area (Å²) in [5.41, 5.74) is 6.21. The minimum absolute atomic E-state index is 0.0124. The van der Waals surface area contributed by atoms with Gasteiger partial charge in [-0.3, -0.25) is 4.79 Å². The van der Waals surface area contributed by atoms with Crippen molar-refractivity contribution in [1.82, 2.24) is 4.90 Å². The lowest BCUT2D eigenvalue weighted by Crippen LogP contribution is -2.63. The van der Waals surface area contributed by atoms with Gasteiger partial charge in [0.1, 0.15) is 6.04 Å². The largest absolute Gasteiger partial charge is 0.396 e. The number of alkyl halides is 1. The van der Waals surface area contributed by atoms with Crippen LogP contribution in [0.3, 0.4) is 0 Å². The normalized spacial score (nSPS) is 15.2. The van der Waals surface area contributed by atoms with E-state index in [-0.39, 0.29) is 12.5 Å². The number of rotatable bonds is 12. The van der Waals surface area contributed by atoms with Gasteiger partial charge in [0.25, 0.3) is 0 Å². The van der Waals surface area contributed by atoms with Gasteiger partial charge in [0, 0.05) is 37.4 Å². The number of aliphatic hydroxyl groups excluding tert-OH is 1. The minimum atomic E-state index is -0.436. The van der Waals surface area contributed by atoms with Crippen molar-refractivity contribution >= 4 is 35.0 Å². The van der Waals surface area contributed by atoms with E-state index in [1.807, 2.05) is 24.3 Å².